The Morgan fingerprint density at radius 1 is 1.16 bits per heavy atom. The summed E-state index contributed by atoms with van der Waals surface area (Å²) >= 11 is 3.47. The van der Waals surface area contributed by atoms with Crippen LogP contribution in [0.3, 0.4) is 0 Å². The van der Waals surface area contributed by atoms with Crippen LogP contribution in [-0.2, 0) is 6.61 Å². The lowest BCUT2D eigenvalue weighted by Gasteiger charge is -2.16. The zero-order chi connectivity index (χ0) is 13.7. The van der Waals surface area contributed by atoms with E-state index in [0.29, 0.717) is 6.61 Å². The highest BCUT2D eigenvalue weighted by Gasteiger charge is 2.09. The summed E-state index contributed by atoms with van der Waals surface area (Å²) in [5.41, 5.74) is 2.33. The minimum Gasteiger partial charge on any atom is -0.489 e. The van der Waals surface area contributed by atoms with Crippen molar-refractivity contribution in [1.82, 2.24) is 5.32 Å². The van der Waals surface area contributed by atoms with Crippen molar-refractivity contribution in [2.75, 3.05) is 7.05 Å². The van der Waals surface area contributed by atoms with Gasteiger partial charge in [-0.1, -0.05) is 46.3 Å². The number of hydrogen-bond donors (Lipinski definition) is 1. The van der Waals surface area contributed by atoms with Crippen molar-refractivity contribution in [3.05, 3.63) is 64.1 Å². The predicted octanol–water partition coefficient (Wildman–Crippen LogP) is 4.31. The molecule has 2 aromatic rings. The van der Waals surface area contributed by atoms with Crippen molar-refractivity contribution >= 4 is 15.9 Å². The Bertz CT molecular complexity index is 542. The van der Waals surface area contributed by atoms with Crippen LogP contribution in [-0.4, -0.2) is 7.05 Å². The van der Waals surface area contributed by atoms with Crippen LogP contribution in [0.2, 0.25) is 0 Å². The maximum absolute atomic E-state index is 5.94. The van der Waals surface area contributed by atoms with Gasteiger partial charge >= 0.3 is 0 Å². The second-order valence-electron chi connectivity index (χ2n) is 4.47. The van der Waals surface area contributed by atoms with Crippen molar-refractivity contribution in [3.8, 4) is 5.75 Å². The van der Waals surface area contributed by atoms with E-state index in [1.165, 1.54) is 5.56 Å². The molecule has 0 amide bonds. The molecule has 2 rings (SSSR count). The fourth-order valence-corrected chi connectivity index (χ4v) is 2.36. The Balaban J connectivity index is 2.11. The summed E-state index contributed by atoms with van der Waals surface area (Å²) in [4.78, 5) is 0. The Hall–Kier alpha value is -1.32. The van der Waals surface area contributed by atoms with Gasteiger partial charge in [-0.2, -0.15) is 0 Å². The van der Waals surface area contributed by atoms with Crippen molar-refractivity contribution in [3.63, 3.8) is 0 Å². The highest BCUT2D eigenvalue weighted by molar-refractivity contribution is 9.10. The van der Waals surface area contributed by atoms with Gasteiger partial charge in [-0.05, 0) is 37.7 Å². The molecule has 0 saturated carbocycles. The molecule has 1 atom stereocenters. The summed E-state index contributed by atoms with van der Waals surface area (Å²) in [5.74, 6) is 0.935. The van der Waals surface area contributed by atoms with E-state index in [9.17, 15) is 0 Å². The average Bonchev–Trinajstić information content (AvgIpc) is 2.45. The van der Waals surface area contributed by atoms with Gasteiger partial charge in [0, 0.05) is 16.1 Å². The van der Waals surface area contributed by atoms with E-state index in [1.54, 1.807) is 0 Å². The molecular formula is C16H18BrNO. The Morgan fingerprint density at radius 2 is 1.95 bits per heavy atom. The summed E-state index contributed by atoms with van der Waals surface area (Å²) in [6.45, 7) is 2.70. The van der Waals surface area contributed by atoms with Crippen molar-refractivity contribution in [2.45, 2.75) is 19.6 Å². The van der Waals surface area contributed by atoms with Gasteiger partial charge in [-0.15, -0.1) is 0 Å². The van der Waals surface area contributed by atoms with Crippen molar-refractivity contribution in [1.29, 1.82) is 0 Å². The van der Waals surface area contributed by atoms with Crippen LogP contribution >= 0.6 is 15.9 Å². The highest BCUT2D eigenvalue weighted by atomic mass is 79.9. The molecular weight excluding hydrogens is 302 g/mol. The van der Waals surface area contributed by atoms with Crippen molar-refractivity contribution < 1.29 is 4.74 Å². The molecule has 2 nitrogen and oxygen atoms in total. The van der Waals surface area contributed by atoms with Gasteiger partial charge < -0.3 is 10.1 Å². The predicted molar refractivity (Wildman–Crippen MR) is 82.4 cm³/mol. The van der Waals surface area contributed by atoms with Crippen LogP contribution in [0.5, 0.6) is 5.75 Å². The van der Waals surface area contributed by atoms with Gasteiger partial charge in [0.2, 0.25) is 0 Å². The number of benzene rings is 2. The fraction of sp³-hybridized carbons (Fsp3) is 0.250. The largest absolute Gasteiger partial charge is 0.489 e. The quantitative estimate of drug-likeness (QED) is 0.886. The molecule has 0 heterocycles. The summed E-state index contributed by atoms with van der Waals surface area (Å²) in [7, 11) is 1.95. The van der Waals surface area contributed by atoms with E-state index in [-0.39, 0.29) is 6.04 Å². The van der Waals surface area contributed by atoms with Gasteiger partial charge in [0.25, 0.3) is 0 Å². The minimum absolute atomic E-state index is 0.277. The Kier molecular flexibility index (Phi) is 5.00. The van der Waals surface area contributed by atoms with E-state index in [1.807, 2.05) is 37.4 Å². The lowest BCUT2D eigenvalue weighted by molar-refractivity contribution is 0.300. The van der Waals surface area contributed by atoms with Crippen LogP contribution < -0.4 is 10.1 Å². The zero-order valence-corrected chi connectivity index (χ0v) is 12.8. The van der Waals surface area contributed by atoms with Gasteiger partial charge in [0.15, 0.2) is 0 Å². The monoisotopic (exact) mass is 319 g/mol. The summed E-state index contributed by atoms with van der Waals surface area (Å²) in [5, 5.41) is 3.24. The van der Waals surface area contributed by atoms with Gasteiger partial charge in [-0.25, -0.2) is 0 Å². The van der Waals surface area contributed by atoms with Crippen LogP contribution in [0.1, 0.15) is 24.1 Å². The molecule has 0 radical (unpaired) electrons. The second kappa shape index (κ2) is 6.73. The molecule has 1 N–H and O–H groups in total. The Labute approximate surface area is 122 Å². The summed E-state index contributed by atoms with van der Waals surface area (Å²) in [6.07, 6.45) is 0. The SMILES string of the molecule is CNC(C)c1ccccc1OCc1cccc(Br)c1. The Morgan fingerprint density at radius 3 is 2.68 bits per heavy atom. The molecule has 0 aliphatic heterocycles. The molecule has 3 heteroatoms. The van der Waals surface area contributed by atoms with E-state index < -0.39 is 0 Å². The molecule has 0 spiro atoms. The van der Waals surface area contributed by atoms with E-state index >= 15 is 0 Å². The van der Waals surface area contributed by atoms with Crippen LogP contribution in [0.25, 0.3) is 0 Å². The van der Waals surface area contributed by atoms with E-state index in [2.05, 4.69) is 46.4 Å². The molecule has 0 aromatic heterocycles. The normalized spacial score (nSPS) is 12.2. The molecule has 0 fully saturated rings. The summed E-state index contributed by atoms with van der Waals surface area (Å²) < 4.78 is 7.01. The number of rotatable bonds is 5. The fourth-order valence-electron chi connectivity index (χ4n) is 1.91. The number of halogens is 1. The molecule has 0 bridgehead atoms. The number of ether oxygens (including phenoxy) is 1. The second-order valence-corrected chi connectivity index (χ2v) is 5.38. The smallest absolute Gasteiger partial charge is 0.124 e. The maximum Gasteiger partial charge on any atom is 0.124 e. The third kappa shape index (κ3) is 3.82. The first-order valence-electron chi connectivity index (χ1n) is 6.34. The van der Waals surface area contributed by atoms with E-state index in [4.69, 9.17) is 4.74 Å². The third-order valence-corrected chi connectivity index (χ3v) is 3.60. The number of para-hydroxylation sites is 1. The van der Waals surface area contributed by atoms with Crippen LogP contribution in [0.15, 0.2) is 53.0 Å². The lowest BCUT2D eigenvalue weighted by atomic mass is 10.1. The molecule has 0 aliphatic carbocycles. The highest BCUT2D eigenvalue weighted by Crippen LogP contribution is 2.25. The van der Waals surface area contributed by atoms with E-state index in [0.717, 1.165) is 15.8 Å². The standard InChI is InChI=1S/C16H18BrNO/c1-12(18-2)15-8-3-4-9-16(15)19-11-13-6-5-7-14(17)10-13/h3-10,12,18H,11H2,1-2H3. The molecule has 19 heavy (non-hydrogen) atoms. The zero-order valence-electron chi connectivity index (χ0n) is 11.2. The molecule has 1 unspecified atom stereocenters. The minimum atomic E-state index is 0.277. The third-order valence-electron chi connectivity index (χ3n) is 3.10. The number of nitrogens with one attached hydrogen (secondary N) is 1. The first kappa shape index (κ1) is 14.1. The topological polar surface area (TPSA) is 21.3 Å². The van der Waals surface area contributed by atoms with Gasteiger partial charge in [0.1, 0.15) is 12.4 Å². The van der Waals surface area contributed by atoms with Gasteiger partial charge in [-0.3, -0.25) is 0 Å². The first-order valence-corrected chi connectivity index (χ1v) is 7.13. The maximum atomic E-state index is 5.94. The van der Waals surface area contributed by atoms with Crippen molar-refractivity contribution in [2.24, 2.45) is 0 Å². The average molecular weight is 320 g/mol. The lowest BCUT2D eigenvalue weighted by Crippen LogP contribution is -2.13. The first-order chi connectivity index (χ1) is 9.20. The molecule has 100 valence electrons. The van der Waals surface area contributed by atoms with Crippen LogP contribution in [0.4, 0.5) is 0 Å². The molecule has 2 aromatic carbocycles. The van der Waals surface area contributed by atoms with Gasteiger partial charge in [0.05, 0.1) is 0 Å². The van der Waals surface area contributed by atoms with Crippen LogP contribution in [0, 0.1) is 0 Å². The molecule has 0 saturated heterocycles. The summed E-state index contributed by atoms with van der Waals surface area (Å²) in [6, 6.07) is 16.6. The number of hydrogen-bond acceptors (Lipinski definition) is 2. The molecule has 0 aliphatic rings.